The Bertz CT molecular complexity index is 1100. The molecule has 6 nitrogen and oxygen atoms in total. The highest BCUT2D eigenvalue weighted by Gasteiger charge is 2.21. The minimum absolute atomic E-state index is 0.0231. The molecule has 0 N–H and O–H groups in total. The SMILES string of the molecule is CCN(CC)S(=O)(=O)c1ccc(CCC(=O)N(Cc2ccco2)c2ccc(C)cc2)cc1. The van der Waals surface area contributed by atoms with Crippen molar-refractivity contribution in [3.8, 4) is 0 Å². The summed E-state index contributed by atoms with van der Waals surface area (Å²) in [5, 5.41) is 0. The van der Waals surface area contributed by atoms with Crippen molar-refractivity contribution in [3.63, 3.8) is 0 Å². The van der Waals surface area contributed by atoms with Crippen LogP contribution < -0.4 is 4.90 Å². The minimum atomic E-state index is -3.48. The average Bonchev–Trinajstić information content (AvgIpc) is 3.31. The predicted octanol–water partition coefficient (Wildman–Crippen LogP) is 4.78. The van der Waals surface area contributed by atoms with E-state index < -0.39 is 10.0 Å². The molecule has 0 saturated heterocycles. The number of furan rings is 1. The molecule has 170 valence electrons. The molecule has 3 aromatic rings. The first kappa shape index (κ1) is 23.8. The highest BCUT2D eigenvalue weighted by molar-refractivity contribution is 7.89. The average molecular weight is 455 g/mol. The summed E-state index contributed by atoms with van der Waals surface area (Å²) in [4.78, 5) is 15.1. The van der Waals surface area contributed by atoms with Gasteiger partial charge in [-0.3, -0.25) is 4.79 Å². The number of benzene rings is 2. The van der Waals surface area contributed by atoms with E-state index in [2.05, 4.69) is 0 Å². The molecule has 0 bridgehead atoms. The van der Waals surface area contributed by atoms with Gasteiger partial charge in [-0.25, -0.2) is 8.42 Å². The molecular formula is C25H30N2O4S. The van der Waals surface area contributed by atoms with Crippen LogP contribution >= 0.6 is 0 Å². The fourth-order valence-electron chi connectivity index (χ4n) is 3.53. The molecule has 0 fully saturated rings. The van der Waals surface area contributed by atoms with Crippen molar-refractivity contribution in [3.05, 3.63) is 83.8 Å². The summed E-state index contributed by atoms with van der Waals surface area (Å²) in [6, 6.07) is 18.3. The van der Waals surface area contributed by atoms with Crippen LogP contribution in [-0.4, -0.2) is 31.7 Å². The fourth-order valence-corrected chi connectivity index (χ4v) is 4.99. The van der Waals surface area contributed by atoms with E-state index in [1.54, 1.807) is 41.5 Å². The Morgan fingerprint density at radius 3 is 2.16 bits per heavy atom. The van der Waals surface area contributed by atoms with Crippen LogP contribution in [0.5, 0.6) is 0 Å². The van der Waals surface area contributed by atoms with Crippen LogP contribution in [0.3, 0.4) is 0 Å². The molecule has 1 aromatic heterocycles. The molecule has 0 aliphatic rings. The largest absolute Gasteiger partial charge is 0.467 e. The van der Waals surface area contributed by atoms with E-state index in [1.807, 2.05) is 51.1 Å². The smallest absolute Gasteiger partial charge is 0.243 e. The van der Waals surface area contributed by atoms with Crippen LogP contribution in [0.4, 0.5) is 5.69 Å². The van der Waals surface area contributed by atoms with E-state index in [9.17, 15) is 13.2 Å². The van der Waals surface area contributed by atoms with Crippen LogP contribution in [0.25, 0.3) is 0 Å². The number of anilines is 1. The predicted molar refractivity (Wildman–Crippen MR) is 126 cm³/mol. The quantitative estimate of drug-likeness (QED) is 0.442. The standard InChI is InChI=1S/C25H30N2O4S/c1-4-26(5-2)32(29,30)24-15-10-21(11-16-24)12-17-25(28)27(19-23-7-6-18-31-23)22-13-8-20(3)9-14-22/h6-11,13-16,18H,4-5,12,17,19H2,1-3H3. The Morgan fingerprint density at radius 1 is 0.938 bits per heavy atom. The Morgan fingerprint density at radius 2 is 1.59 bits per heavy atom. The highest BCUT2D eigenvalue weighted by Crippen LogP contribution is 2.21. The number of amides is 1. The van der Waals surface area contributed by atoms with Crippen LogP contribution in [-0.2, 0) is 27.8 Å². The summed E-state index contributed by atoms with van der Waals surface area (Å²) in [7, 11) is -3.48. The fraction of sp³-hybridized carbons (Fsp3) is 0.320. The Labute approximate surface area is 190 Å². The van der Waals surface area contributed by atoms with E-state index >= 15 is 0 Å². The lowest BCUT2D eigenvalue weighted by Crippen LogP contribution is -2.30. The van der Waals surface area contributed by atoms with Gasteiger partial charge in [0, 0.05) is 25.2 Å². The second-order valence-electron chi connectivity index (χ2n) is 7.63. The summed E-state index contributed by atoms with van der Waals surface area (Å²) in [6.07, 6.45) is 2.42. The van der Waals surface area contributed by atoms with E-state index in [4.69, 9.17) is 4.42 Å². The maximum absolute atomic E-state index is 13.1. The van der Waals surface area contributed by atoms with Crippen molar-refractivity contribution >= 4 is 21.6 Å². The van der Waals surface area contributed by atoms with Gasteiger partial charge < -0.3 is 9.32 Å². The molecule has 0 atom stereocenters. The number of sulfonamides is 1. The third kappa shape index (κ3) is 5.66. The van der Waals surface area contributed by atoms with Gasteiger partial charge in [-0.2, -0.15) is 4.31 Å². The van der Waals surface area contributed by atoms with Crippen molar-refractivity contribution in [2.75, 3.05) is 18.0 Å². The lowest BCUT2D eigenvalue weighted by molar-refractivity contribution is -0.118. The third-order valence-corrected chi connectivity index (χ3v) is 7.50. The first-order chi connectivity index (χ1) is 15.3. The Hall–Kier alpha value is -2.90. The van der Waals surface area contributed by atoms with Gasteiger partial charge in [-0.15, -0.1) is 0 Å². The van der Waals surface area contributed by atoms with Gasteiger partial charge in [0.25, 0.3) is 0 Å². The van der Waals surface area contributed by atoms with Crippen molar-refractivity contribution in [1.82, 2.24) is 4.31 Å². The van der Waals surface area contributed by atoms with Crippen molar-refractivity contribution in [2.24, 2.45) is 0 Å². The molecule has 0 saturated carbocycles. The number of carbonyl (C=O) groups excluding carboxylic acids is 1. The molecule has 7 heteroatoms. The number of hydrogen-bond acceptors (Lipinski definition) is 4. The van der Waals surface area contributed by atoms with Gasteiger partial charge in [0.15, 0.2) is 0 Å². The second kappa shape index (κ2) is 10.6. The Balaban J connectivity index is 1.71. The normalized spacial score (nSPS) is 11.6. The van der Waals surface area contributed by atoms with Crippen molar-refractivity contribution in [2.45, 2.75) is 45.1 Å². The molecule has 0 unspecified atom stereocenters. The van der Waals surface area contributed by atoms with E-state index in [0.29, 0.717) is 38.2 Å². The zero-order chi connectivity index (χ0) is 23.1. The minimum Gasteiger partial charge on any atom is -0.467 e. The first-order valence-corrected chi connectivity index (χ1v) is 12.3. The molecule has 0 aliphatic heterocycles. The van der Waals surface area contributed by atoms with Gasteiger partial charge >= 0.3 is 0 Å². The Kier molecular flexibility index (Phi) is 7.88. The summed E-state index contributed by atoms with van der Waals surface area (Å²) in [5.41, 5.74) is 2.86. The molecule has 1 amide bonds. The zero-order valence-corrected chi connectivity index (χ0v) is 19.6. The topological polar surface area (TPSA) is 70.8 Å². The molecule has 0 radical (unpaired) electrons. The van der Waals surface area contributed by atoms with Crippen LogP contribution in [0.15, 0.2) is 76.2 Å². The molecule has 0 spiro atoms. The number of rotatable bonds is 10. The van der Waals surface area contributed by atoms with Crippen molar-refractivity contribution < 1.29 is 17.6 Å². The first-order valence-electron chi connectivity index (χ1n) is 10.8. The second-order valence-corrected chi connectivity index (χ2v) is 9.57. The summed E-state index contributed by atoms with van der Waals surface area (Å²) < 4.78 is 32.2. The number of aryl methyl sites for hydroxylation is 2. The van der Waals surface area contributed by atoms with Gasteiger partial charge in [-0.1, -0.05) is 43.7 Å². The summed E-state index contributed by atoms with van der Waals surface area (Å²) >= 11 is 0. The maximum Gasteiger partial charge on any atom is 0.243 e. The summed E-state index contributed by atoms with van der Waals surface area (Å²) in [6.45, 7) is 6.87. The molecule has 2 aromatic carbocycles. The molecule has 3 rings (SSSR count). The lowest BCUT2D eigenvalue weighted by Gasteiger charge is -2.22. The highest BCUT2D eigenvalue weighted by atomic mass is 32.2. The van der Waals surface area contributed by atoms with E-state index in [1.165, 1.54) is 4.31 Å². The monoisotopic (exact) mass is 454 g/mol. The molecule has 32 heavy (non-hydrogen) atoms. The van der Waals surface area contributed by atoms with Crippen LogP contribution in [0.2, 0.25) is 0 Å². The number of carbonyl (C=O) groups is 1. The van der Waals surface area contributed by atoms with Crippen molar-refractivity contribution in [1.29, 1.82) is 0 Å². The molecule has 1 heterocycles. The van der Waals surface area contributed by atoms with E-state index in [0.717, 1.165) is 16.8 Å². The summed E-state index contributed by atoms with van der Waals surface area (Å²) in [5.74, 6) is 0.690. The molecular weight excluding hydrogens is 424 g/mol. The van der Waals surface area contributed by atoms with Gasteiger partial charge in [0.1, 0.15) is 5.76 Å². The molecule has 0 aliphatic carbocycles. The number of nitrogens with zero attached hydrogens (tertiary/aromatic N) is 2. The maximum atomic E-state index is 13.1. The van der Waals surface area contributed by atoms with E-state index in [-0.39, 0.29) is 10.8 Å². The lowest BCUT2D eigenvalue weighted by atomic mass is 10.1. The van der Waals surface area contributed by atoms with Gasteiger partial charge in [-0.05, 0) is 55.3 Å². The van der Waals surface area contributed by atoms with Gasteiger partial charge in [0.2, 0.25) is 15.9 Å². The number of hydrogen-bond donors (Lipinski definition) is 0. The van der Waals surface area contributed by atoms with Crippen LogP contribution in [0, 0.1) is 6.92 Å². The zero-order valence-electron chi connectivity index (χ0n) is 18.8. The van der Waals surface area contributed by atoms with Crippen LogP contribution in [0.1, 0.15) is 37.2 Å². The van der Waals surface area contributed by atoms with Gasteiger partial charge in [0.05, 0.1) is 17.7 Å². The third-order valence-electron chi connectivity index (χ3n) is 5.43.